The number of fused-ring (bicyclic) bond motifs is 1. The highest BCUT2D eigenvalue weighted by molar-refractivity contribution is 5.79. The summed E-state index contributed by atoms with van der Waals surface area (Å²) in [6.07, 6.45) is 1.02. The molecule has 1 aliphatic rings. The highest BCUT2D eigenvalue weighted by atomic mass is 16.5. The van der Waals surface area contributed by atoms with Gasteiger partial charge in [-0.3, -0.25) is 4.99 Å². The second-order valence-corrected chi connectivity index (χ2v) is 6.01. The van der Waals surface area contributed by atoms with Crippen molar-refractivity contribution in [1.82, 2.24) is 10.6 Å². The Hall–Kier alpha value is -2.89. The number of nitrogens with one attached hydrogen (secondary N) is 2. The highest BCUT2D eigenvalue weighted by Crippen LogP contribution is 2.30. The molecule has 6 nitrogen and oxygen atoms in total. The van der Waals surface area contributed by atoms with Crippen LogP contribution in [0.4, 0.5) is 0 Å². The molecule has 0 fully saturated rings. The first-order valence-corrected chi connectivity index (χ1v) is 8.64. The lowest BCUT2D eigenvalue weighted by Crippen LogP contribution is -2.42. The van der Waals surface area contributed by atoms with E-state index in [0.29, 0.717) is 18.8 Å². The zero-order valence-electron chi connectivity index (χ0n) is 15.4. The molecule has 1 heterocycles. The first-order chi connectivity index (χ1) is 12.7. The van der Waals surface area contributed by atoms with Crippen molar-refractivity contribution in [3.63, 3.8) is 0 Å². The van der Waals surface area contributed by atoms with Crippen molar-refractivity contribution in [3.05, 3.63) is 53.6 Å². The van der Waals surface area contributed by atoms with Crippen molar-refractivity contribution >= 4 is 5.96 Å². The summed E-state index contributed by atoms with van der Waals surface area (Å²) < 4.78 is 16.8. The number of rotatable bonds is 6. The molecule has 138 valence electrons. The summed E-state index contributed by atoms with van der Waals surface area (Å²) in [6, 6.07) is 14.0. The van der Waals surface area contributed by atoms with Gasteiger partial charge in [-0.1, -0.05) is 30.3 Å². The number of benzene rings is 2. The second-order valence-electron chi connectivity index (χ2n) is 6.01. The Morgan fingerprint density at radius 1 is 1.12 bits per heavy atom. The van der Waals surface area contributed by atoms with E-state index < -0.39 is 0 Å². The van der Waals surface area contributed by atoms with Crippen LogP contribution >= 0.6 is 0 Å². The average molecular weight is 355 g/mol. The van der Waals surface area contributed by atoms with Gasteiger partial charge in [0, 0.05) is 25.6 Å². The molecule has 6 heteroatoms. The molecule has 0 saturated carbocycles. The van der Waals surface area contributed by atoms with Crippen molar-refractivity contribution in [1.29, 1.82) is 0 Å². The molecular weight excluding hydrogens is 330 g/mol. The minimum Gasteiger partial charge on any atom is -0.493 e. The maximum atomic E-state index is 5.95. The molecule has 0 spiro atoms. The fourth-order valence-corrected chi connectivity index (χ4v) is 3.07. The highest BCUT2D eigenvalue weighted by Gasteiger charge is 2.22. The Morgan fingerprint density at radius 2 is 1.96 bits per heavy atom. The van der Waals surface area contributed by atoms with E-state index in [1.54, 1.807) is 21.3 Å². The predicted octanol–water partition coefficient (Wildman–Crippen LogP) is 2.37. The molecule has 0 bridgehead atoms. The number of guanidine groups is 1. The Balaban J connectivity index is 1.53. The summed E-state index contributed by atoms with van der Waals surface area (Å²) in [4.78, 5) is 4.28. The topological polar surface area (TPSA) is 64.1 Å². The Bertz CT molecular complexity index is 752. The molecule has 26 heavy (non-hydrogen) atoms. The Labute approximate surface area is 154 Å². The SMILES string of the molecule is CN=C(NCc1cccc(OC)c1OC)NCC1Cc2ccccc2O1. The van der Waals surface area contributed by atoms with E-state index in [2.05, 4.69) is 21.7 Å². The number of para-hydroxylation sites is 2. The molecule has 1 atom stereocenters. The number of nitrogens with zero attached hydrogens (tertiary/aromatic N) is 1. The lowest BCUT2D eigenvalue weighted by Gasteiger charge is -2.17. The van der Waals surface area contributed by atoms with Crippen LogP contribution in [0.15, 0.2) is 47.5 Å². The number of methoxy groups -OCH3 is 2. The molecule has 0 saturated heterocycles. The van der Waals surface area contributed by atoms with Crippen LogP contribution in [0.1, 0.15) is 11.1 Å². The van der Waals surface area contributed by atoms with Gasteiger partial charge in [-0.2, -0.15) is 0 Å². The van der Waals surface area contributed by atoms with Crippen LogP contribution < -0.4 is 24.8 Å². The monoisotopic (exact) mass is 355 g/mol. The van der Waals surface area contributed by atoms with Gasteiger partial charge in [0.1, 0.15) is 11.9 Å². The maximum absolute atomic E-state index is 5.95. The first kappa shape index (κ1) is 17.9. The molecule has 3 rings (SSSR count). The molecule has 1 aliphatic heterocycles. The summed E-state index contributed by atoms with van der Waals surface area (Å²) >= 11 is 0. The summed E-state index contributed by atoms with van der Waals surface area (Å²) in [5.74, 6) is 3.14. The Morgan fingerprint density at radius 3 is 2.69 bits per heavy atom. The van der Waals surface area contributed by atoms with E-state index in [1.807, 2.05) is 36.4 Å². The van der Waals surface area contributed by atoms with E-state index >= 15 is 0 Å². The number of aliphatic imine (C=N–C) groups is 1. The molecule has 2 N–H and O–H groups in total. The third-order valence-electron chi connectivity index (χ3n) is 4.37. The van der Waals surface area contributed by atoms with E-state index in [-0.39, 0.29) is 6.10 Å². The quantitative estimate of drug-likeness (QED) is 0.615. The van der Waals surface area contributed by atoms with Gasteiger partial charge in [0.25, 0.3) is 0 Å². The summed E-state index contributed by atoms with van der Waals surface area (Å²) in [7, 11) is 5.03. The van der Waals surface area contributed by atoms with Crippen LogP contribution in [-0.4, -0.2) is 39.9 Å². The van der Waals surface area contributed by atoms with E-state index in [9.17, 15) is 0 Å². The number of hydrogen-bond acceptors (Lipinski definition) is 4. The second kappa shape index (κ2) is 8.47. The molecule has 0 aliphatic carbocycles. The molecule has 0 aromatic heterocycles. The van der Waals surface area contributed by atoms with Gasteiger partial charge in [0.2, 0.25) is 0 Å². The standard InChI is InChI=1S/C20H25N3O3/c1-21-20(22-12-15-8-6-10-18(24-2)19(15)25-3)23-13-16-11-14-7-4-5-9-17(14)26-16/h4-10,16H,11-13H2,1-3H3,(H2,21,22,23). The largest absolute Gasteiger partial charge is 0.493 e. The van der Waals surface area contributed by atoms with Crippen LogP contribution in [0.25, 0.3) is 0 Å². The van der Waals surface area contributed by atoms with Crippen LogP contribution in [0, 0.1) is 0 Å². The van der Waals surface area contributed by atoms with Gasteiger partial charge < -0.3 is 24.8 Å². The minimum absolute atomic E-state index is 0.109. The van der Waals surface area contributed by atoms with Gasteiger partial charge in [-0.15, -0.1) is 0 Å². The predicted molar refractivity (Wildman–Crippen MR) is 102 cm³/mol. The normalized spacial score (nSPS) is 15.8. The van der Waals surface area contributed by atoms with Crippen molar-refractivity contribution < 1.29 is 14.2 Å². The van der Waals surface area contributed by atoms with Gasteiger partial charge in [0.15, 0.2) is 17.5 Å². The average Bonchev–Trinajstić information content (AvgIpc) is 3.10. The molecule has 2 aromatic carbocycles. The molecule has 0 amide bonds. The summed E-state index contributed by atoms with van der Waals surface area (Å²) in [6.45, 7) is 1.26. The fraction of sp³-hybridized carbons (Fsp3) is 0.350. The zero-order valence-corrected chi connectivity index (χ0v) is 15.4. The van der Waals surface area contributed by atoms with Crippen molar-refractivity contribution in [2.24, 2.45) is 4.99 Å². The Kier molecular flexibility index (Phi) is 5.84. The van der Waals surface area contributed by atoms with Gasteiger partial charge >= 0.3 is 0 Å². The third-order valence-corrected chi connectivity index (χ3v) is 4.37. The molecule has 1 unspecified atom stereocenters. The van der Waals surface area contributed by atoms with Crippen LogP contribution in [-0.2, 0) is 13.0 Å². The van der Waals surface area contributed by atoms with Crippen LogP contribution in [0.2, 0.25) is 0 Å². The fourth-order valence-electron chi connectivity index (χ4n) is 3.07. The van der Waals surface area contributed by atoms with E-state index in [0.717, 1.165) is 29.4 Å². The van der Waals surface area contributed by atoms with Crippen LogP contribution in [0.3, 0.4) is 0 Å². The van der Waals surface area contributed by atoms with Crippen LogP contribution in [0.5, 0.6) is 17.2 Å². The van der Waals surface area contributed by atoms with E-state index in [1.165, 1.54) is 5.56 Å². The van der Waals surface area contributed by atoms with Gasteiger partial charge in [-0.25, -0.2) is 0 Å². The zero-order chi connectivity index (χ0) is 18.4. The minimum atomic E-state index is 0.109. The van der Waals surface area contributed by atoms with Gasteiger partial charge in [-0.05, 0) is 17.7 Å². The first-order valence-electron chi connectivity index (χ1n) is 8.64. The third kappa shape index (κ3) is 4.02. The van der Waals surface area contributed by atoms with Gasteiger partial charge in [0.05, 0.1) is 20.8 Å². The lowest BCUT2D eigenvalue weighted by atomic mass is 10.1. The molecule has 0 radical (unpaired) electrons. The summed E-state index contributed by atoms with van der Waals surface area (Å²) in [5, 5.41) is 6.63. The van der Waals surface area contributed by atoms with Crippen molar-refractivity contribution in [2.75, 3.05) is 27.8 Å². The lowest BCUT2D eigenvalue weighted by molar-refractivity contribution is 0.235. The smallest absolute Gasteiger partial charge is 0.191 e. The molecule has 2 aromatic rings. The van der Waals surface area contributed by atoms with Crippen molar-refractivity contribution in [2.45, 2.75) is 19.1 Å². The number of ether oxygens (including phenoxy) is 3. The van der Waals surface area contributed by atoms with Crippen molar-refractivity contribution in [3.8, 4) is 17.2 Å². The van der Waals surface area contributed by atoms with E-state index in [4.69, 9.17) is 14.2 Å². The maximum Gasteiger partial charge on any atom is 0.191 e. The molecular formula is C20H25N3O3. The number of hydrogen-bond donors (Lipinski definition) is 2. The summed E-state index contributed by atoms with van der Waals surface area (Å²) in [5.41, 5.74) is 2.25.